The zero-order chi connectivity index (χ0) is 17.8. The molecule has 1 heterocycles. The summed E-state index contributed by atoms with van der Waals surface area (Å²) in [4.78, 5) is 10.6. The molecule has 1 unspecified atom stereocenters. The summed E-state index contributed by atoms with van der Waals surface area (Å²) < 4.78 is 7.24. The van der Waals surface area contributed by atoms with Gasteiger partial charge in [0.05, 0.1) is 17.7 Å². The smallest absolute Gasteiger partial charge is 0.269 e. The van der Waals surface area contributed by atoms with Gasteiger partial charge in [-0.05, 0) is 24.6 Å². The molecule has 2 aromatic carbocycles. The van der Waals surface area contributed by atoms with E-state index in [1.807, 2.05) is 41.8 Å². The van der Waals surface area contributed by atoms with Gasteiger partial charge >= 0.3 is 0 Å². The van der Waals surface area contributed by atoms with E-state index in [-0.39, 0.29) is 10.9 Å². The first-order valence-corrected chi connectivity index (χ1v) is 8.42. The summed E-state index contributed by atoms with van der Waals surface area (Å²) in [7, 11) is 1.61. The number of nitrogens with zero attached hydrogens (tertiary/aromatic N) is 4. The van der Waals surface area contributed by atoms with E-state index in [1.54, 1.807) is 25.6 Å². The van der Waals surface area contributed by atoms with Crippen LogP contribution in [-0.2, 0) is 0 Å². The largest absolute Gasteiger partial charge is 0.495 e. The predicted molar refractivity (Wildman–Crippen MR) is 95.3 cm³/mol. The van der Waals surface area contributed by atoms with Crippen molar-refractivity contribution in [3.8, 4) is 11.4 Å². The Balaban J connectivity index is 1.89. The van der Waals surface area contributed by atoms with Crippen molar-refractivity contribution < 1.29 is 9.66 Å². The third-order valence-corrected chi connectivity index (χ3v) is 4.81. The van der Waals surface area contributed by atoms with E-state index in [0.717, 1.165) is 11.3 Å². The lowest BCUT2D eigenvalue weighted by molar-refractivity contribution is -0.384. The normalized spacial score (nSPS) is 11.9. The van der Waals surface area contributed by atoms with E-state index in [4.69, 9.17) is 4.74 Å². The Morgan fingerprint density at radius 3 is 2.80 bits per heavy atom. The van der Waals surface area contributed by atoms with E-state index in [2.05, 4.69) is 10.2 Å². The standard InChI is InChI=1S/C17H16N4O3S/c1-12(13-6-5-7-14(10-13)21(22)23)25-17-19-18-11-20(17)15-8-3-4-9-16(15)24-2/h3-12H,1-2H3. The van der Waals surface area contributed by atoms with Gasteiger partial charge < -0.3 is 4.74 Å². The van der Waals surface area contributed by atoms with Crippen molar-refractivity contribution in [2.45, 2.75) is 17.3 Å². The number of aromatic nitrogens is 3. The molecule has 0 aliphatic carbocycles. The number of non-ortho nitro benzene ring substituents is 1. The fourth-order valence-electron chi connectivity index (χ4n) is 2.42. The molecule has 128 valence electrons. The maximum atomic E-state index is 11.0. The van der Waals surface area contributed by atoms with Crippen LogP contribution in [0.5, 0.6) is 5.75 Å². The number of nitro benzene ring substituents is 1. The van der Waals surface area contributed by atoms with Crippen LogP contribution in [0.4, 0.5) is 5.69 Å². The molecule has 7 nitrogen and oxygen atoms in total. The summed E-state index contributed by atoms with van der Waals surface area (Å²) in [6.45, 7) is 1.98. The molecule has 3 rings (SSSR count). The fourth-order valence-corrected chi connectivity index (χ4v) is 3.37. The highest BCUT2D eigenvalue weighted by atomic mass is 32.2. The van der Waals surface area contributed by atoms with E-state index in [9.17, 15) is 10.1 Å². The van der Waals surface area contributed by atoms with Crippen LogP contribution in [0.15, 0.2) is 60.0 Å². The Hall–Kier alpha value is -2.87. The first-order chi connectivity index (χ1) is 12.1. The number of para-hydroxylation sites is 2. The number of rotatable bonds is 6. The van der Waals surface area contributed by atoms with E-state index >= 15 is 0 Å². The van der Waals surface area contributed by atoms with Gasteiger partial charge in [0.2, 0.25) is 0 Å². The summed E-state index contributed by atoms with van der Waals surface area (Å²) in [6, 6.07) is 14.2. The number of ether oxygens (including phenoxy) is 1. The van der Waals surface area contributed by atoms with Crippen LogP contribution in [-0.4, -0.2) is 26.8 Å². The molecule has 1 atom stereocenters. The summed E-state index contributed by atoms with van der Waals surface area (Å²) >= 11 is 1.48. The molecule has 0 radical (unpaired) electrons. The van der Waals surface area contributed by atoms with Gasteiger partial charge in [0.1, 0.15) is 12.1 Å². The maximum absolute atomic E-state index is 11.0. The first-order valence-electron chi connectivity index (χ1n) is 7.54. The van der Waals surface area contributed by atoms with E-state index in [1.165, 1.54) is 17.8 Å². The second-order valence-corrected chi connectivity index (χ2v) is 6.58. The molecule has 0 bridgehead atoms. The van der Waals surface area contributed by atoms with Gasteiger partial charge in [-0.3, -0.25) is 14.7 Å². The molecule has 0 saturated carbocycles. The number of benzene rings is 2. The van der Waals surface area contributed by atoms with Crippen molar-refractivity contribution in [3.05, 3.63) is 70.5 Å². The summed E-state index contributed by atoms with van der Waals surface area (Å²) in [5.41, 5.74) is 1.77. The van der Waals surface area contributed by atoms with Crippen LogP contribution in [0.3, 0.4) is 0 Å². The topological polar surface area (TPSA) is 83.1 Å². The lowest BCUT2D eigenvalue weighted by Gasteiger charge is -2.14. The lowest BCUT2D eigenvalue weighted by atomic mass is 10.1. The lowest BCUT2D eigenvalue weighted by Crippen LogP contribution is -2.00. The molecule has 0 aliphatic rings. The zero-order valence-electron chi connectivity index (χ0n) is 13.7. The second kappa shape index (κ2) is 7.35. The van der Waals surface area contributed by atoms with Crippen LogP contribution in [0.25, 0.3) is 5.69 Å². The fraction of sp³-hybridized carbons (Fsp3) is 0.176. The minimum absolute atomic E-state index is 0.0300. The van der Waals surface area contributed by atoms with Crippen molar-refractivity contribution in [2.24, 2.45) is 0 Å². The molecule has 0 N–H and O–H groups in total. The van der Waals surface area contributed by atoms with Crippen molar-refractivity contribution in [1.29, 1.82) is 0 Å². The van der Waals surface area contributed by atoms with Crippen molar-refractivity contribution in [3.63, 3.8) is 0 Å². The van der Waals surface area contributed by atoms with Gasteiger partial charge in [0, 0.05) is 17.4 Å². The van der Waals surface area contributed by atoms with Gasteiger partial charge in [0.15, 0.2) is 5.16 Å². The molecule has 0 aliphatic heterocycles. The third-order valence-electron chi connectivity index (χ3n) is 3.69. The molecule has 0 saturated heterocycles. The molecule has 25 heavy (non-hydrogen) atoms. The van der Waals surface area contributed by atoms with E-state index in [0.29, 0.717) is 10.9 Å². The number of methoxy groups -OCH3 is 1. The summed E-state index contributed by atoms with van der Waals surface area (Å²) in [5, 5.41) is 19.8. The monoisotopic (exact) mass is 356 g/mol. The minimum Gasteiger partial charge on any atom is -0.495 e. The average molecular weight is 356 g/mol. The molecule has 8 heteroatoms. The Morgan fingerprint density at radius 1 is 1.24 bits per heavy atom. The molecular weight excluding hydrogens is 340 g/mol. The Kier molecular flexibility index (Phi) is 4.99. The van der Waals surface area contributed by atoms with Gasteiger partial charge in [-0.25, -0.2) is 0 Å². The first kappa shape index (κ1) is 17.0. The number of hydrogen-bond acceptors (Lipinski definition) is 6. The molecule has 0 spiro atoms. The van der Waals surface area contributed by atoms with Crippen LogP contribution in [0, 0.1) is 10.1 Å². The second-order valence-electron chi connectivity index (χ2n) is 5.27. The van der Waals surface area contributed by atoms with Crippen LogP contribution >= 0.6 is 11.8 Å². The third kappa shape index (κ3) is 3.63. The van der Waals surface area contributed by atoms with Crippen LogP contribution in [0.2, 0.25) is 0 Å². The van der Waals surface area contributed by atoms with Gasteiger partial charge in [-0.1, -0.05) is 36.0 Å². The van der Waals surface area contributed by atoms with Gasteiger partial charge in [0.25, 0.3) is 5.69 Å². The maximum Gasteiger partial charge on any atom is 0.269 e. The molecule has 0 amide bonds. The number of nitro groups is 1. The minimum atomic E-state index is -0.391. The predicted octanol–water partition coefficient (Wildman–Crippen LogP) is 4.04. The van der Waals surface area contributed by atoms with Crippen molar-refractivity contribution >= 4 is 17.4 Å². The summed E-state index contributed by atoms with van der Waals surface area (Å²) in [5.74, 6) is 0.715. The van der Waals surface area contributed by atoms with Crippen LogP contribution in [0.1, 0.15) is 17.7 Å². The van der Waals surface area contributed by atoms with Crippen molar-refractivity contribution in [1.82, 2.24) is 14.8 Å². The Morgan fingerprint density at radius 2 is 2.04 bits per heavy atom. The van der Waals surface area contributed by atoms with Crippen molar-refractivity contribution in [2.75, 3.05) is 7.11 Å². The molecule has 3 aromatic rings. The molecule has 1 aromatic heterocycles. The number of thioether (sulfide) groups is 1. The van der Waals surface area contributed by atoms with Gasteiger partial charge in [-0.2, -0.15) is 0 Å². The highest BCUT2D eigenvalue weighted by molar-refractivity contribution is 7.99. The molecular formula is C17H16N4O3S. The van der Waals surface area contributed by atoms with E-state index < -0.39 is 4.92 Å². The van der Waals surface area contributed by atoms with Gasteiger partial charge in [-0.15, -0.1) is 10.2 Å². The Bertz CT molecular complexity index is 897. The number of hydrogen-bond donors (Lipinski definition) is 0. The SMILES string of the molecule is COc1ccccc1-n1cnnc1SC(C)c1cccc([N+](=O)[O-])c1. The quantitative estimate of drug-likeness (QED) is 0.377. The zero-order valence-corrected chi connectivity index (χ0v) is 14.5. The Labute approximate surface area is 148 Å². The highest BCUT2D eigenvalue weighted by Crippen LogP contribution is 2.36. The highest BCUT2D eigenvalue weighted by Gasteiger charge is 2.17. The average Bonchev–Trinajstić information content (AvgIpc) is 3.09. The van der Waals surface area contributed by atoms with Crippen LogP contribution < -0.4 is 4.74 Å². The summed E-state index contributed by atoms with van der Waals surface area (Å²) in [6.07, 6.45) is 1.63. The molecule has 0 fully saturated rings.